The smallest absolute Gasteiger partial charge is 0.196 e. The Morgan fingerprint density at radius 3 is 2.81 bits per heavy atom. The Bertz CT molecular complexity index is 645. The van der Waals surface area contributed by atoms with Crippen molar-refractivity contribution in [1.29, 1.82) is 0 Å². The molecule has 1 aliphatic heterocycles. The maximum atomic E-state index is 5.99. The van der Waals surface area contributed by atoms with Gasteiger partial charge in [-0.3, -0.25) is 4.99 Å². The number of benzene rings is 1. The summed E-state index contributed by atoms with van der Waals surface area (Å²) in [5, 5.41) is 0.682. The number of furan rings is 1. The SMILES string of the molecule is Cc1ccc(Cl)cc1N=Cc1ccc(N2CCOCC2)o1. The van der Waals surface area contributed by atoms with E-state index in [4.69, 9.17) is 20.8 Å². The van der Waals surface area contributed by atoms with Gasteiger partial charge in [0, 0.05) is 24.2 Å². The fourth-order valence-corrected chi connectivity index (χ4v) is 2.39. The van der Waals surface area contributed by atoms with Gasteiger partial charge in [-0.1, -0.05) is 17.7 Å². The molecule has 0 atom stereocenters. The van der Waals surface area contributed by atoms with Crippen LogP contribution in [0.15, 0.2) is 39.7 Å². The van der Waals surface area contributed by atoms with E-state index in [1.54, 1.807) is 6.21 Å². The van der Waals surface area contributed by atoms with Gasteiger partial charge in [0.25, 0.3) is 0 Å². The van der Waals surface area contributed by atoms with E-state index < -0.39 is 0 Å². The van der Waals surface area contributed by atoms with E-state index in [0.717, 1.165) is 49.2 Å². The lowest BCUT2D eigenvalue weighted by Gasteiger charge is -2.26. The number of halogens is 1. The second kappa shape index (κ2) is 6.33. The van der Waals surface area contributed by atoms with E-state index >= 15 is 0 Å². The topological polar surface area (TPSA) is 38.0 Å². The molecule has 0 amide bonds. The van der Waals surface area contributed by atoms with Gasteiger partial charge < -0.3 is 14.1 Å². The Morgan fingerprint density at radius 2 is 2.00 bits per heavy atom. The molecular weight excluding hydrogens is 288 g/mol. The lowest BCUT2D eigenvalue weighted by molar-refractivity contribution is 0.120. The zero-order valence-corrected chi connectivity index (χ0v) is 12.6. The molecule has 1 fully saturated rings. The largest absolute Gasteiger partial charge is 0.440 e. The third kappa shape index (κ3) is 3.46. The molecule has 5 heteroatoms. The highest BCUT2D eigenvalue weighted by Gasteiger charge is 2.14. The third-order valence-corrected chi connectivity index (χ3v) is 3.67. The summed E-state index contributed by atoms with van der Waals surface area (Å²) in [4.78, 5) is 6.62. The van der Waals surface area contributed by atoms with Gasteiger partial charge in [0.2, 0.25) is 0 Å². The highest BCUT2D eigenvalue weighted by Crippen LogP contribution is 2.24. The van der Waals surface area contributed by atoms with Crippen LogP contribution in [0.1, 0.15) is 11.3 Å². The Balaban J connectivity index is 1.74. The molecule has 0 unspecified atom stereocenters. The van der Waals surface area contributed by atoms with Crippen molar-refractivity contribution in [3.8, 4) is 0 Å². The number of ether oxygens (including phenoxy) is 1. The third-order valence-electron chi connectivity index (χ3n) is 3.44. The number of aryl methyl sites for hydroxylation is 1. The summed E-state index contributed by atoms with van der Waals surface area (Å²) in [6.07, 6.45) is 1.72. The Kier molecular flexibility index (Phi) is 4.27. The van der Waals surface area contributed by atoms with Gasteiger partial charge in [0.15, 0.2) is 5.88 Å². The minimum atomic E-state index is 0.682. The minimum Gasteiger partial charge on any atom is -0.440 e. The van der Waals surface area contributed by atoms with E-state index in [1.807, 2.05) is 37.3 Å². The zero-order chi connectivity index (χ0) is 14.7. The van der Waals surface area contributed by atoms with Crippen LogP contribution in [0.5, 0.6) is 0 Å². The predicted molar refractivity (Wildman–Crippen MR) is 85.2 cm³/mol. The first kappa shape index (κ1) is 14.2. The van der Waals surface area contributed by atoms with Crippen molar-refractivity contribution < 1.29 is 9.15 Å². The van der Waals surface area contributed by atoms with Crippen LogP contribution in [-0.2, 0) is 4.74 Å². The molecule has 110 valence electrons. The molecule has 1 aromatic heterocycles. The Hall–Kier alpha value is -1.78. The second-order valence-electron chi connectivity index (χ2n) is 4.96. The number of hydrogen-bond donors (Lipinski definition) is 0. The zero-order valence-electron chi connectivity index (χ0n) is 11.9. The summed E-state index contributed by atoms with van der Waals surface area (Å²) in [5.41, 5.74) is 1.93. The maximum Gasteiger partial charge on any atom is 0.196 e. The second-order valence-corrected chi connectivity index (χ2v) is 5.40. The van der Waals surface area contributed by atoms with E-state index in [9.17, 15) is 0 Å². The number of aliphatic imine (C=N–C) groups is 1. The molecule has 3 rings (SSSR count). The van der Waals surface area contributed by atoms with Crippen LogP contribution in [0.25, 0.3) is 0 Å². The normalized spacial score (nSPS) is 15.8. The van der Waals surface area contributed by atoms with Crippen molar-refractivity contribution in [3.05, 3.63) is 46.7 Å². The molecule has 0 radical (unpaired) electrons. The average molecular weight is 305 g/mol. The summed E-state index contributed by atoms with van der Waals surface area (Å²) >= 11 is 5.99. The lowest BCUT2D eigenvalue weighted by atomic mass is 10.2. The molecule has 2 heterocycles. The highest BCUT2D eigenvalue weighted by molar-refractivity contribution is 6.30. The van der Waals surface area contributed by atoms with Gasteiger partial charge in [-0.15, -0.1) is 0 Å². The van der Waals surface area contributed by atoms with Crippen molar-refractivity contribution in [1.82, 2.24) is 0 Å². The van der Waals surface area contributed by atoms with E-state index in [0.29, 0.717) is 5.02 Å². The molecule has 2 aromatic rings. The number of morpholine rings is 1. The first-order valence-electron chi connectivity index (χ1n) is 6.95. The maximum absolute atomic E-state index is 5.99. The van der Waals surface area contributed by atoms with E-state index in [1.165, 1.54) is 0 Å². The van der Waals surface area contributed by atoms with Crippen molar-refractivity contribution >= 4 is 29.4 Å². The van der Waals surface area contributed by atoms with Gasteiger partial charge in [-0.05, 0) is 30.7 Å². The average Bonchev–Trinajstić information content (AvgIpc) is 2.98. The number of rotatable bonds is 3. The molecule has 0 aliphatic carbocycles. The molecule has 0 N–H and O–H groups in total. The molecule has 1 aliphatic rings. The fourth-order valence-electron chi connectivity index (χ4n) is 2.22. The van der Waals surface area contributed by atoms with Crippen LogP contribution in [0, 0.1) is 6.92 Å². The van der Waals surface area contributed by atoms with Crippen LogP contribution < -0.4 is 4.90 Å². The van der Waals surface area contributed by atoms with Crippen molar-refractivity contribution in [2.45, 2.75) is 6.92 Å². The monoisotopic (exact) mass is 304 g/mol. The van der Waals surface area contributed by atoms with E-state index in [2.05, 4.69) is 9.89 Å². The standard InChI is InChI=1S/C16H17ClN2O2/c1-12-2-3-13(17)10-15(12)18-11-14-4-5-16(21-14)19-6-8-20-9-7-19/h2-5,10-11H,6-9H2,1H3. The van der Waals surface area contributed by atoms with E-state index in [-0.39, 0.29) is 0 Å². The minimum absolute atomic E-state index is 0.682. The summed E-state index contributed by atoms with van der Waals surface area (Å²) in [6.45, 7) is 5.21. The number of anilines is 1. The summed E-state index contributed by atoms with van der Waals surface area (Å²) in [5.74, 6) is 1.60. The molecule has 0 spiro atoms. The van der Waals surface area contributed by atoms with Crippen LogP contribution in [0.3, 0.4) is 0 Å². The first-order chi connectivity index (χ1) is 10.2. The predicted octanol–water partition coefficient (Wildman–Crippen LogP) is 3.83. The van der Waals surface area contributed by atoms with Gasteiger partial charge in [0.05, 0.1) is 25.1 Å². The fraction of sp³-hybridized carbons (Fsp3) is 0.312. The molecule has 1 saturated heterocycles. The Labute approximate surface area is 129 Å². The lowest BCUT2D eigenvalue weighted by Crippen LogP contribution is -2.35. The van der Waals surface area contributed by atoms with Crippen LogP contribution in [-0.4, -0.2) is 32.5 Å². The highest BCUT2D eigenvalue weighted by atomic mass is 35.5. The molecular formula is C16H17ClN2O2. The Morgan fingerprint density at radius 1 is 1.19 bits per heavy atom. The van der Waals surface area contributed by atoms with Crippen LogP contribution >= 0.6 is 11.6 Å². The number of hydrogen-bond acceptors (Lipinski definition) is 4. The number of nitrogens with zero attached hydrogens (tertiary/aromatic N) is 2. The van der Waals surface area contributed by atoms with Gasteiger partial charge in [-0.25, -0.2) is 0 Å². The molecule has 1 aromatic carbocycles. The van der Waals surface area contributed by atoms with Gasteiger partial charge in [-0.2, -0.15) is 0 Å². The molecule has 21 heavy (non-hydrogen) atoms. The first-order valence-corrected chi connectivity index (χ1v) is 7.33. The quantitative estimate of drug-likeness (QED) is 0.809. The summed E-state index contributed by atoms with van der Waals surface area (Å²) < 4.78 is 11.1. The molecule has 0 bridgehead atoms. The van der Waals surface area contributed by atoms with Gasteiger partial charge >= 0.3 is 0 Å². The summed E-state index contributed by atoms with van der Waals surface area (Å²) in [6, 6.07) is 9.56. The van der Waals surface area contributed by atoms with Crippen LogP contribution in [0.2, 0.25) is 5.02 Å². The van der Waals surface area contributed by atoms with Crippen molar-refractivity contribution in [2.75, 3.05) is 31.2 Å². The van der Waals surface area contributed by atoms with Crippen molar-refractivity contribution in [3.63, 3.8) is 0 Å². The van der Waals surface area contributed by atoms with Crippen LogP contribution in [0.4, 0.5) is 11.6 Å². The molecule has 0 saturated carbocycles. The molecule has 4 nitrogen and oxygen atoms in total. The summed E-state index contributed by atoms with van der Waals surface area (Å²) in [7, 11) is 0. The van der Waals surface area contributed by atoms with Crippen molar-refractivity contribution in [2.24, 2.45) is 4.99 Å². The van der Waals surface area contributed by atoms with Gasteiger partial charge in [0.1, 0.15) is 5.76 Å².